The molecule has 0 radical (unpaired) electrons. The first kappa shape index (κ1) is 20.1. The molecule has 0 atom stereocenters. The lowest BCUT2D eigenvalue weighted by molar-refractivity contribution is -0.119. The highest BCUT2D eigenvalue weighted by atomic mass is 19.3. The summed E-state index contributed by atoms with van der Waals surface area (Å²) in [5, 5.41) is 3.90. The topological polar surface area (TPSA) is 73.9 Å². The molecular weight excluding hydrogens is 384 g/mol. The van der Waals surface area contributed by atoms with E-state index in [4.69, 9.17) is 9.47 Å². The largest absolute Gasteiger partial charge is 0.496 e. The van der Waals surface area contributed by atoms with Gasteiger partial charge < -0.3 is 19.5 Å². The van der Waals surface area contributed by atoms with Crippen molar-refractivity contribution in [2.24, 2.45) is 0 Å². The minimum Gasteiger partial charge on any atom is -0.496 e. The number of nitrogens with one attached hydrogen (secondary N) is 1. The van der Waals surface area contributed by atoms with Gasteiger partial charge in [0.2, 0.25) is 0 Å². The van der Waals surface area contributed by atoms with Gasteiger partial charge in [-0.1, -0.05) is 24.3 Å². The van der Waals surface area contributed by atoms with Gasteiger partial charge in [0.05, 0.1) is 12.7 Å². The maximum absolute atomic E-state index is 12.4. The highest BCUT2D eigenvalue weighted by Gasteiger charge is 2.15. The number of rotatable bonds is 7. The number of carbonyl (C=O) groups excluding carboxylic acids is 2. The van der Waals surface area contributed by atoms with Crippen LogP contribution in [-0.4, -0.2) is 32.2 Å². The summed E-state index contributed by atoms with van der Waals surface area (Å²) in [7, 11) is 1.54. The van der Waals surface area contributed by atoms with Gasteiger partial charge in [-0.25, -0.2) is 4.79 Å². The molecule has 0 aliphatic carbocycles. The third kappa shape index (κ3) is 4.98. The summed E-state index contributed by atoms with van der Waals surface area (Å²) >= 11 is 0. The first-order valence-electron chi connectivity index (χ1n) is 8.55. The summed E-state index contributed by atoms with van der Waals surface area (Å²) in [5.74, 6) is -0.636. The number of carbonyl (C=O) groups is 2. The van der Waals surface area contributed by atoms with E-state index in [0.29, 0.717) is 22.4 Å². The van der Waals surface area contributed by atoms with E-state index in [2.05, 4.69) is 10.1 Å². The quantitative estimate of drug-likeness (QED) is 0.600. The van der Waals surface area contributed by atoms with Crippen LogP contribution in [0.1, 0.15) is 10.4 Å². The molecule has 3 rings (SSSR count). The molecule has 1 amide bonds. The highest BCUT2D eigenvalue weighted by Crippen LogP contribution is 2.28. The van der Waals surface area contributed by atoms with Gasteiger partial charge in [-0.3, -0.25) is 4.79 Å². The summed E-state index contributed by atoms with van der Waals surface area (Å²) in [4.78, 5) is 24.4. The molecular formula is C21H17F2NO5. The number of esters is 1. The Bertz CT molecular complexity index is 1020. The molecule has 6 nitrogen and oxygen atoms in total. The van der Waals surface area contributed by atoms with E-state index in [0.717, 1.165) is 5.39 Å². The number of halogens is 2. The van der Waals surface area contributed by atoms with Crippen molar-refractivity contribution in [3.8, 4) is 11.5 Å². The number of hydrogen-bond acceptors (Lipinski definition) is 5. The fourth-order valence-corrected chi connectivity index (χ4v) is 2.75. The van der Waals surface area contributed by atoms with Crippen LogP contribution in [0.2, 0.25) is 0 Å². The molecule has 3 aromatic carbocycles. The zero-order valence-corrected chi connectivity index (χ0v) is 15.4. The van der Waals surface area contributed by atoms with Crippen LogP contribution in [0.25, 0.3) is 10.8 Å². The van der Waals surface area contributed by atoms with Crippen molar-refractivity contribution in [2.45, 2.75) is 6.61 Å². The predicted octanol–water partition coefficient (Wildman–Crippen LogP) is 4.25. The fraction of sp³-hybridized carbons (Fsp3) is 0.143. The number of amides is 1. The molecule has 3 aromatic rings. The first-order valence-corrected chi connectivity index (χ1v) is 8.55. The minimum atomic E-state index is -2.93. The summed E-state index contributed by atoms with van der Waals surface area (Å²) in [6, 6.07) is 15.8. The van der Waals surface area contributed by atoms with Gasteiger partial charge in [0, 0.05) is 11.1 Å². The van der Waals surface area contributed by atoms with E-state index >= 15 is 0 Å². The van der Waals surface area contributed by atoms with Gasteiger partial charge in [0.15, 0.2) is 6.61 Å². The number of fused-ring (bicyclic) bond motifs is 1. The van der Waals surface area contributed by atoms with Gasteiger partial charge in [0.25, 0.3) is 5.91 Å². The Hall–Kier alpha value is -3.68. The maximum atomic E-state index is 12.4. The van der Waals surface area contributed by atoms with Crippen molar-refractivity contribution in [1.82, 2.24) is 0 Å². The lowest BCUT2D eigenvalue weighted by Crippen LogP contribution is -2.21. The smallest absolute Gasteiger partial charge is 0.387 e. The molecule has 0 aromatic heterocycles. The molecule has 0 aliphatic heterocycles. The number of benzene rings is 3. The van der Waals surface area contributed by atoms with Crippen LogP contribution in [0.3, 0.4) is 0 Å². The summed E-state index contributed by atoms with van der Waals surface area (Å²) < 4.78 is 38.9. The van der Waals surface area contributed by atoms with Crippen molar-refractivity contribution in [1.29, 1.82) is 0 Å². The molecule has 8 heteroatoms. The number of ether oxygens (including phenoxy) is 3. The van der Waals surface area contributed by atoms with E-state index < -0.39 is 25.1 Å². The molecule has 0 bridgehead atoms. The van der Waals surface area contributed by atoms with Crippen LogP contribution >= 0.6 is 0 Å². The van der Waals surface area contributed by atoms with Gasteiger partial charge >= 0.3 is 12.6 Å². The number of anilines is 1. The number of hydrogen-bond donors (Lipinski definition) is 1. The first-order chi connectivity index (χ1) is 14.0. The molecule has 0 heterocycles. The second-order valence-corrected chi connectivity index (χ2v) is 5.89. The van der Waals surface area contributed by atoms with Gasteiger partial charge in [-0.05, 0) is 41.8 Å². The van der Waals surface area contributed by atoms with Crippen molar-refractivity contribution < 1.29 is 32.6 Å². The summed E-state index contributed by atoms with van der Waals surface area (Å²) in [6.45, 7) is -3.43. The molecule has 0 fully saturated rings. The van der Waals surface area contributed by atoms with Gasteiger partial charge in [-0.15, -0.1) is 0 Å². The van der Waals surface area contributed by atoms with Crippen molar-refractivity contribution in [3.05, 3.63) is 66.2 Å². The van der Waals surface area contributed by atoms with Crippen molar-refractivity contribution in [3.63, 3.8) is 0 Å². The highest BCUT2D eigenvalue weighted by molar-refractivity contribution is 6.07. The summed E-state index contributed by atoms with van der Waals surface area (Å²) in [5.41, 5.74) is 0.658. The molecule has 0 spiro atoms. The van der Waals surface area contributed by atoms with Crippen LogP contribution in [0.15, 0.2) is 60.7 Å². The SMILES string of the molecule is COc1ccc(C(=O)OCC(=O)Nc2ccc(OC(F)F)cc2)c2ccccc12. The van der Waals surface area contributed by atoms with Crippen molar-refractivity contribution >= 4 is 28.3 Å². The normalized spacial score (nSPS) is 10.6. The third-order valence-electron chi connectivity index (χ3n) is 4.02. The molecule has 0 unspecified atom stereocenters. The standard InChI is InChI=1S/C21H17F2NO5/c1-27-18-11-10-17(15-4-2-3-5-16(15)18)20(26)28-12-19(25)24-13-6-8-14(9-7-13)29-21(22)23/h2-11,21H,12H2,1H3,(H,24,25). The second kappa shape index (κ2) is 9.01. The maximum Gasteiger partial charge on any atom is 0.387 e. The Balaban J connectivity index is 1.62. The average Bonchev–Trinajstić information content (AvgIpc) is 2.72. The Labute approximate surface area is 165 Å². The van der Waals surface area contributed by atoms with E-state index in [1.807, 2.05) is 12.1 Å². The Morgan fingerprint density at radius 1 is 0.966 bits per heavy atom. The van der Waals surface area contributed by atoms with Crippen LogP contribution in [0.5, 0.6) is 11.5 Å². The number of alkyl halides is 2. The van der Waals surface area contributed by atoms with Gasteiger partial charge in [-0.2, -0.15) is 8.78 Å². The summed E-state index contributed by atoms with van der Waals surface area (Å²) in [6.07, 6.45) is 0. The third-order valence-corrected chi connectivity index (χ3v) is 4.02. The lowest BCUT2D eigenvalue weighted by Gasteiger charge is -2.11. The van der Waals surface area contributed by atoms with E-state index in [-0.39, 0.29) is 5.75 Å². The molecule has 29 heavy (non-hydrogen) atoms. The van der Waals surface area contributed by atoms with E-state index in [9.17, 15) is 18.4 Å². The molecule has 150 valence electrons. The van der Waals surface area contributed by atoms with Crippen LogP contribution < -0.4 is 14.8 Å². The zero-order valence-electron chi connectivity index (χ0n) is 15.4. The minimum absolute atomic E-state index is 0.0317. The molecule has 1 N–H and O–H groups in total. The Kier molecular flexibility index (Phi) is 6.23. The van der Waals surface area contributed by atoms with E-state index in [1.165, 1.54) is 31.4 Å². The predicted molar refractivity (Wildman–Crippen MR) is 102 cm³/mol. The Morgan fingerprint density at radius 3 is 2.31 bits per heavy atom. The van der Waals surface area contributed by atoms with Crippen LogP contribution in [0, 0.1) is 0 Å². The molecule has 0 saturated carbocycles. The van der Waals surface area contributed by atoms with Crippen LogP contribution in [-0.2, 0) is 9.53 Å². The zero-order chi connectivity index (χ0) is 20.8. The van der Waals surface area contributed by atoms with Crippen LogP contribution in [0.4, 0.5) is 14.5 Å². The Morgan fingerprint density at radius 2 is 1.66 bits per heavy atom. The molecule has 0 saturated heterocycles. The van der Waals surface area contributed by atoms with Gasteiger partial charge in [0.1, 0.15) is 11.5 Å². The number of methoxy groups -OCH3 is 1. The van der Waals surface area contributed by atoms with E-state index in [1.54, 1.807) is 24.3 Å². The van der Waals surface area contributed by atoms with Crippen molar-refractivity contribution in [2.75, 3.05) is 19.0 Å². The molecule has 0 aliphatic rings. The lowest BCUT2D eigenvalue weighted by atomic mass is 10.0. The monoisotopic (exact) mass is 401 g/mol. The fourth-order valence-electron chi connectivity index (χ4n) is 2.75. The second-order valence-electron chi connectivity index (χ2n) is 5.89. The average molecular weight is 401 g/mol.